The number of nitrogens with one attached hydrogen (secondary N) is 1. The molecule has 8 heteroatoms. The first-order valence-electron chi connectivity index (χ1n) is 7.17. The third kappa shape index (κ3) is 4.69. The fourth-order valence-corrected chi connectivity index (χ4v) is 2.13. The molecular formula is C16H17N3O4S. The first-order valence-corrected chi connectivity index (χ1v) is 8.39. The summed E-state index contributed by atoms with van der Waals surface area (Å²) in [6, 6.07) is 6.72. The number of hydrogen-bond donors (Lipinski definition) is 1. The average molecular weight is 347 g/mol. The standard InChI is InChI=1S/C16H17N3O4S/c1-4-22-15(21)13-9-17-16(24-3)19-14(13)23-12-7-5-11(6-8-12)18-10(2)20/h5-9H,4H2,1-3H3,(H,18,20). The van der Waals surface area contributed by atoms with E-state index in [0.29, 0.717) is 16.6 Å². The van der Waals surface area contributed by atoms with Gasteiger partial charge in [0.25, 0.3) is 0 Å². The van der Waals surface area contributed by atoms with Crippen LogP contribution in [-0.2, 0) is 9.53 Å². The number of hydrogen-bond acceptors (Lipinski definition) is 7. The van der Waals surface area contributed by atoms with E-state index in [1.165, 1.54) is 24.9 Å². The number of rotatable bonds is 6. The van der Waals surface area contributed by atoms with Crippen molar-refractivity contribution in [2.24, 2.45) is 0 Å². The summed E-state index contributed by atoms with van der Waals surface area (Å²) in [4.78, 5) is 31.3. The van der Waals surface area contributed by atoms with E-state index in [1.54, 1.807) is 31.2 Å². The molecule has 0 spiro atoms. The lowest BCUT2D eigenvalue weighted by molar-refractivity contribution is -0.114. The van der Waals surface area contributed by atoms with Crippen LogP contribution in [0.2, 0.25) is 0 Å². The number of thioether (sulfide) groups is 1. The monoisotopic (exact) mass is 347 g/mol. The van der Waals surface area contributed by atoms with Crippen molar-refractivity contribution in [2.75, 3.05) is 18.2 Å². The van der Waals surface area contributed by atoms with Crippen molar-refractivity contribution in [3.05, 3.63) is 36.0 Å². The summed E-state index contributed by atoms with van der Waals surface area (Å²) in [6.45, 7) is 3.39. The van der Waals surface area contributed by atoms with E-state index in [1.807, 2.05) is 6.26 Å². The Balaban J connectivity index is 2.26. The van der Waals surface area contributed by atoms with E-state index in [-0.39, 0.29) is 24.0 Å². The minimum absolute atomic E-state index is 0.125. The average Bonchev–Trinajstić information content (AvgIpc) is 2.56. The fraction of sp³-hybridized carbons (Fsp3) is 0.250. The van der Waals surface area contributed by atoms with Gasteiger partial charge in [-0.3, -0.25) is 4.79 Å². The molecule has 7 nitrogen and oxygen atoms in total. The highest BCUT2D eigenvalue weighted by molar-refractivity contribution is 7.98. The van der Waals surface area contributed by atoms with Gasteiger partial charge >= 0.3 is 5.97 Å². The fourth-order valence-electron chi connectivity index (χ4n) is 1.80. The van der Waals surface area contributed by atoms with Gasteiger partial charge in [-0.05, 0) is 37.4 Å². The van der Waals surface area contributed by atoms with Crippen LogP contribution >= 0.6 is 11.8 Å². The van der Waals surface area contributed by atoms with Gasteiger partial charge in [0.05, 0.1) is 6.61 Å². The third-order valence-corrected chi connectivity index (χ3v) is 3.36. The third-order valence-electron chi connectivity index (χ3n) is 2.80. The molecule has 2 rings (SSSR count). The van der Waals surface area contributed by atoms with Crippen LogP contribution in [0.15, 0.2) is 35.6 Å². The minimum Gasteiger partial charge on any atom is -0.462 e. The largest absolute Gasteiger partial charge is 0.462 e. The second-order valence-corrected chi connectivity index (χ2v) is 5.38. The normalized spacial score (nSPS) is 10.1. The summed E-state index contributed by atoms with van der Waals surface area (Å²) in [7, 11) is 0. The maximum Gasteiger partial charge on any atom is 0.345 e. The SMILES string of the molecule is CCOC(=O)c1cnc(SC)nc1Oc1ccc(NC(C)=O)cc1. The Morgan fingerprint density at radius 1 is 1.25 bits per heavy atom. The van der Waals surface area contributed by atoms with E-state index >= 15 is 0 Å². The molecule has 0 bridgehead atoms. The van der Waals surface area contributed by atoms with Crippen LogP contribution in [0.3, 0.4) is 0 Å². The Kier molecular flexibility index (Phi) is 6.14. The zero-order chi connectivity index (χ0) is 17.5. The highest BCUT2D eigenvalue weighted by Crippen LogP contribution is 2.26. The second-order valence-electron chi connectivity index (χ2n) is 4.60. The number of aromatic nitrogens is 2. The second kappa shape index (κ2) is 8.30. The minimum atomic E-state index is -0.546. The first kappa shape index (κ1) is 17.7. The van der Waals surface area contributed by atoms with Gasteiger partial charge in [-0.2, -0.15) is 4.98 Å². The van der Waals surface area contributed by atoms with Crippen molar-refractivity contribution in [3.63, 3.8) is 0 Å². The van der Waals surface area contributed by atoms with E-state index in [9.17, 15) is 9.59 Å². The summed E-state index contributed by atoms with van der Waals surface area (Å²) in [5.74, 6) is -0.107. The number of carbonyl (C=O) groups is 2. The van der Waals surface area contributed by atoms with Crippen LogP contribution in [0.5, 0.6) is 11.6 Å². The molecule has 0 atom stereocenters. The lowest BCUT2D eigenvalue weighted by Crippen LogP contribution is -2.09. The predicted molar refractivity (Wildman–Crippen MR) is 90.6 cm³/mol. The Morgan fingerprint density at radius 3 is 2.54 bits per heavy atom. The molecule has 0 unspecified atom stereocenters. The van der Waals surface area contributed by atoms with Gasteiger partial charge < -0.3 is 14.8 Å². The van der Waals surface area contributed by atoms with E-state index in [4.69, 9.17) is 9.47 Å². The van der Waals surface area contributed by atoms with Gasteiger partial charge in [0.1, 0.15) is 11.3 Å². The number of carbonyl (C=O) groups excluding carboxylic acids is 2. The molecule has 0 aliphatic carbocycles. The van der Waals surface area contributed by atoms with Crippen LogP contribution in [-0.4, -0.2) is 34.7 Å². The first-order chi connectivity index (χ1) is 11.5. The molecule has 1 heterocycles. The summed E-state index contributed by atoms with van der Waals surface area (Å²) >= 11 is 1.33. The van der Waals surface area contributed by atoms with Gasteiger partial charge in [0, 0.05) is 18.8 Å². The molecule has 1 amide bonds. The number of anilines is 1. The summed E-state index contributed by atoms with van der Waals surface area (Å²) in [6.07, 6.45) is 3.21. The van der Waals surface area contributed by atoms with Crippen LogP contribution in [0, 0.1) is 0 Å². The predicted octanol–water partition coefficient (Wildman–Crippen LogP) is 3.13. The van der Waals surface area contributed by atoms with Gasteiger partial charge in [0.15, 0.2) is 5.16 Å². The topological polar surface area (TPSA) is 90.4 Å². The van der Waals surface area contributed by atoms with Crippen molar-refractivity contribution in [3.8, 4) is 11.6 Å². The van der Waals surface area contributed by atoms with Gasteiger partial charge in [0.2, 0.25) is 11.8 Å². The summed E-state index contributed by atoms with van der Waals surface area (Å²) < 4.78 is 10.7. The van der Waals surface area contributed by atoms with Crippen molar-refractivity contribution in [1.82, 2.24) is 9.97 Å². The molecule has 24 heavy (non-hydrogen) atoms. The van der Waals surface area contributed by atoms with Crippen LogP contribution < -0.4 is 10.1 Å². The Hall–Kier alpha value is -2.61. The highest BCUT2D eigenvalue weighted by atomic mass is 32.2. The Morgan fingerprint density at radius 2 is 1.96 bits per heavy atom. The van der Waals surface area contributed by atoms with Gasteiger partial charge in [-0.15, -0.1) is 0 Å². The lowest BCUT2D eigenvalue weighted by atomic mass is 10.3. The van der Waals surface area contributed by atoms with Crippen LogP contribution in [0.4, 0.5) is 5.69 Å². The molecule has 1 aromatic heterocycles. The number of nitrogens with zero attached hydrogens (tertiary/aromatic N) is 2. The van der Waals surface area contributed by atoms with E-state index in [0.717, 1.165) is 0 Å². The number of benzene rings is 1. The maximum atomic E-state index is 12.0. The van der Waals surface area contributed by atoms with Gasteiger partial charge in [-0.1, -0.05) is 11.8 Å². The quantitative estimate of drug-likeness (QED) is 0.488. The molecule has 1 aromatic carbocycles. The molecular weight excluding hydrogens is 330 g/mol. The molecule has 0 aliphatic rings. The number of esters is 1. The van der Waals surface area contributed by atoms with Crippen molar-refractivity contribution in [2.45, 2.75) is 19.0 Å². The highest BCUT2D eigenvalue weighted by Gasteiger charge is 2.18. The Bertz CT molecular complexity index is 735. The van der Waals surface area contributed by atoms with Crippen molar-refractivity contribution < 1.29 is 19.1 Å². The molecule has 2 aromatic rings. The molecule has 0 aliphatic heterocycles. The molecule has 0 saturated carbocycles. The maximum absolute atomic E-state index is 12.0. The molecule has 0 radical (unpaired) electrons. The van der Waals surface area contributed by atoms with E-state index in [2.05, 4.69) is 15.3 Å². The lowest BCUT2D eigenvalue weighted by Gasteiger charge is -2.10. The van der Waals surface area contributed by atoms with Crippen LogP contribution in [0.25, 0.3) is 0 Å². The number of ether oxygens (including phenoxy) is 2. The smallest absolute Gasteiger partial charge is 0.345 e. The van der Waals surface area contributed by atoms with Crippen LogP contribution in [0.1, 0.15) is 24.2 Å². The number of amides is 1. The van der Waals surface area contributed by atoms with E-state index < -0.39 is 5.97 Å². The molecule has 1 N–H and O–H groups in total. The van der Waals surface area contributed by atoms with Gasteiger partial charge in [-0.25, -0.2) is 9.78 Å². The van der Waals surface area contributed by atoms with Crippen molar-refractivity contribution in [1.29, 1.82) is 0 Å². The molecule has 0 fully saturated rings. The summed E-state index contributed by atoms with van der Waals surface area (Å²) in [5, 5.41) is 3.14. The Labute approximate surface area is 143 Å². The molecule has 126 valence electrons. The zero-order valence-corrected chi connectivity index (χ0v) is 14.3. The zero-order valence-electron chi connectivity index (χ0n) is 13.5. The van der Waals surface area contributed by atoms with Crippen molar-refractivity contribution >= 4 is 29.3 Å². The molecule has 0 saturated heterocycles. The summed E-state index contributed by atoms with van der Waals surface area (Å²) in [5.41, 5.74) is 0.800.